The molecule has 1 aromatic rings. The van der Waals surface area contributed by atoms with Crippen molar-refractivity contribution in [2.75, 3.05) is 5.33 Å². The minimum absolute atomic E-state index is 0.799. The van der Waals surface area contributed by atoms with Gasteiger partial charge in [-0.15, -0.1) is 0 Å². The average molecular weight is 311 g/mol. The molecular formula is C17H27Br. The molecule has 18 heavy (non-hydrogen) atoms. The van der Waals surface area contributed by atoms with Crippen molar-refractivity contribution in [3.05, 3.63) is 35.4 Å². The number of alkyl halides is 1. The maximum Gasteiger partial charge on any atom is 0.00628 e. The van der Waals surface area contributed by atoms with Gasteiger partial charge in [0.15, 0.2) is 0 Å². The van der Waals surface area contributed by atoms with Crippen molar-refractivity contribution < 1.29 is 0 Å². The quantitative estimate of drug-likeness (QED) is 0.393. The van der Waals surface area contributed by atoms with Crippen LogP contribution < -0.4 is 0 Å². The van der Waals surface area contributed by atoms with Gasteiger partial charge < -0.3 is 0 Å². The van der Waals surface area contributed by atoms with Crippen molar-refractivity contribution in [3.63, 3.8) is 0 Å². The van der Waals surface area contributed by atoms with E-state index in [9.17, 15) is 0 Å². The number of halogens is 1. The fraction of sp³-hybridized carbons (Fsp3) is 0.647. The molecule has 1 heteroatoms. The predicted molar refractivity (Wildman–Crippen MR) is 85.5 cm³/mol. The Kier molecular flexibility index (Phi) is 8.41. The van der Waals surface area contributed by atoms with Crippen molar-refractivity contribution in [2.45, 2.75) is 58.8 Å². The molecule has 0 N–H and O–H groups in total. The molecular weight excluding hydrogens is 284 g/mol. The van der Waals surface area contributed by atoms with E-state index in [0.29, 0.717) is 0 Å². The molecule has 0 saturated heterocycles. The van der Waals surface area contributed by atoms with Crippen LogP contribution in [0.15, 0.2) is 24.3 Å². The van der Waals surface area contributed by atoms with Crippen molar-refractivity contribution in [1.82, 2.24) is 0 Å². The maximum absolute atomic E-state index is 3.67. The van der Waals surface area contributed by atoms with Gasteiger partial charge in [0.05, 0.1) is 0 Å². The second-order valence-electron chi connectivity index (χ2n) is 5.42. The Labute approximate surface area is 121 Å². The van der Waals surface area contributed by atoms with E-state index in [1.807, 2.05) is 0 Å². The summed E-state index contributed by atoms with van der Waals surface area (Å²) in [6, 6.07) is 8.95. The normalized spacial score (nSPS) is 12.6. The van der Waals surface area contributed by atoms with Crippen LogP contribution in [0.5, 0.6) is 0 Å². The first kappa shape index (κ1) is 15.8. The first-order chi connectivity index (χ1) is 8.76. The maximum atomic E-state index is 3.67. The third kappa shape index (κ3) is 6.58. The van der Waals surface area contributed by atoms with Gasteiger partial charge in [-0.05, 0) is 31.2 Å². The Balaban J connectivity index is 2.28. The van der Waals surface area contributed by atoms with Crippen molar-refractivity contribution in [3.8, 4) is 0 Å². The van der Waals surface area contributed by atoms with Crippen LogP contribution in [-0.2, 0) is 6.42 Å². The Bertz CT molecular complexity index is 319. The van der Waals surface area contributed by atoms with Gasteiger partial charge in [0.2, 0.25) is 0 Å². The zero-order chi connectivity index (χ0) is 13.2. The molecule has 0 aliphatic heterocycles. The summed E-state index contributed by atoms with van der Waals surface area (Å²) < 4.78 is 0. The van der Waals surface area contributed by atoms with Gasteiger partial charge in [-0.25, -0.2) is 0 Å². The number of rotatable bonds is 9. The largest absolute Gasteiger partial charge is 0.0925 e. The van der Waals surface area contributed by atoms with E-state index in [1.54, 1.807) is 0 Å². The highest BCUT2D eigenvalue weighted by Gasteiger charge is 2.08. The average Bonchev–Trinajstić information content (AvgIpc) is 2.37. The second-order valence-corrected chi connectivity index (χ2v) is 6.06. The fourth-order valence-corrected chi connectivity index (χ4v) is 3.00. The lowest BCUT2D eigenvalue weighted by atomic mass is 9.94. The van der Waals surface area contributed by atoms with Crippen molar-refractivity contribution in [2.24, 2.45) is 5.92 Å². The molecule has 0 bridgehead atoms. The van der Waals surface area contributed by atoms with Gasteiger partial charge in [0.25, 0.3) is 0 Å². The smallest absolute Gasteiger partial charge is 0.00628 e. The fourth-order valence-electron chi connectivity index (χ4n) is 2.44. The van der Waals surface area contributed by atoms with Crippen LogP contribution in [0.1, 0.15) is 56.6 Å². The van der Waals surface area contributed by atoms with E-state index in [0.717, 1.165) is 11.2 Å². The Morgan fingerprint density at radius 2 is 1.89 bits per heavy atom. The summed E-state index contributed by atoms with van der Waals surface area (Å²) in [7, 11) is 0. The van der Waals surface area contributed by atoms with Gasteiger partial charge >= 0.3 is 0 Å². The first-order valence-electron chi connectivity index (χ1n) is 7.37. The molecule has 0 amide bonds. The van der Waals surface area contributed by atoms with Gasteiger partial charge in [-0.1, -0.05) is 84.8 Å². The van der Waals surface area contributed by atoms with Crippen LogP contribution in [0.4, 0.5) is 0 Å². The van der Waals surface area contributed by atoms with Crippen LogP contribution >= 0.6 is 15.9 Å². The van der Waals surface area contributed by atoms with Gasteiger partial charge in [0, 0.05) is 5.33 Å². The van der Waals surface area contributed by atoms with E-state index in [4.69, 9.17) is 0 Å². The lowest BCUT2D eigenvalue weighted by Crippen LogP contribution is -2.06. The van der Waals surface area contributed by atoms with Gasteiger partial charge in [-0.3, -0.25) is 0 Å². The van der Waals surface area contributed by atoms with E-state index < -0.39 is 0 Å². The summed E-state index contributed by atoms with van der Waals surface area (Å²) >= 11 is 3.67. The zero-order valence-electron chi connectivity index (χ0n) is 11.9. The van der Waals surface area contributed by atoms with Gasteiger partial charge in [0.1, 0.15) is 0 Å². The molecule has 1 aromatic carbocycles. The first-order valence-corrected chi connectivity index (χ1v) is 8.50. The molecule has 0 aromatic heterocycles. The molecule has 0 aliphatic carbocycles. The summed E-state index contributed by atoms with van der Waals surface area (Å²) in [5.74, 6) is 0.799. The highest BCUT2D eigenvalue weighted by molar-refractivity contribution is 9.09. The number of hydrogen-bond donors (Lipinski definition) is 0. The molecule has 0 fully saturated rings. The summed E-state index contributed by atoms with van der Waals surface area (Å²) in [4.78, 5) is 0. The highest BCUT2D eigenvalue weighted by atomic mass is 79.9. The second kappa shape index (κ2) is 9.61. The van der Waals surface area contributed by atoms with Crippen LogP contribution in [-0.4, -0.2) is 5.33 Å². The molecule has 1 unspecified atom stereocenters. The minimum atomic E-state index is 0.799. The van der Waals surface area contributed by atoms with Crippen LogP contribution in [0.2, 0.25) is 0 Å². The Morgan fingerprint density at radius 1 is 1.11 bits per heavy atom. The molecule has 0 spiro atoms. The summed E-state index contributed by atoms with van der Waals surface area (Å²) in [6.07, 6.45) is 9.54. The molecule has 1 atom stereocenters. The van der Waals surface area contributed by atoms with Crippen molar-refractivity contribution in [1.29, 1.82) is 0 Å². The standard InChI is InChI=1S/C17H27Br/c1-3-4-5-6-7-10-17(14-18)13-16-11-8-9-15(2)12-16/h8-9,11-12,17H,3-7,10,13-14H2,1-2H3. The van der Waals surface area contributed by atoms with Crippen LogP contribution in [0.3, 0.4) is 0 Å². The van der Waals surface area contributed by atoms with E-state index in [-0.39, 0.29) is 0 Å². The molecule has 0 saturated carbocycles. The molecule has 0 nitrogen and oxygen atoms in total. The van der Waals surface area contributed by atoms with Crippen LogP contribution in [0.25, 0.3) is 0 Å². The number of hydrogen-bond acceptors (Lipinski definition) is 0. The topological polar surface area (TPSA) is 0 Å². The highest BCUT2D eigenvalue weighted by Crippen LogP contribution is 2.19. The molecule has 0 radical (unpaired) electrons. The Morgan fingerprint density at radius 3 is 2.56 bits per heavy atom. The lowest BCUT2D eigenvalue weighted by Gasteiger charge is -2.14. The summed E-state index contributed by atoms with van der Waals surface area (Å²) in [5, 5.41) is 1.13. The monoisotopic (exact) mass is 310 g/mol. The van der Waals surface area contributed by atoms with Crippen molar-refractivity contribution >= 4 is 15.9 Å². The minimum Gasteiger partial charge on any atom is -0.0925 e. The van der Waals surface area contributed by atoms with Gasteiger partial charge in [-0.2, -0.15) is 0 Å². The summed E-state index contributed by atoms with van der Waals surface area (Å²) in [6.45, 7) is 4.45. The number of unbranched alkanes of at least 4 members (excludes halogenated alkanes) is 4. The molecule has 0 heterocycles. The summed E-state index contributed by atoms with van der Waals surface area (Å²) in [5.41, 5.74) is 2.87. The third-order valence-corrected chi connectivity index (χ3v) is 4.46. The number of aryl methyl sites for hydroxylation is 1. The molecule has 1 rings (SSSR count). The lowest BCUT2D eigenvalue weighted by molar-refractivity contribution is 0.492. The van der Waals surface area contributed by atoms with E-state index >= 15 is 0 Å². The van der Waals surface area contributed by atoms with E-state index in [1.165, 1.54) is 56.1 Å². The molecule has 102 valence electrons. The zero-order valence-corrected chi connectivity index (χ0v) is 13.5. The Hall–Kier alpha value is -0.300. The predicted octanol–water partition coefficient (Wildman–Crippen LogP) is 5.91. The SMILES string of the molecule is CCCCCCCC(CBr)Cc1cccc(C)c1. The number of benzene rings is 1. The third-order valence-electron chi connectivity index (χ3n) is 3.54. The van der Waals surface area contributed by atoms with Crippen LogP contribution in [0, 0.1) is 12.8 Å². The molecule has 0 aliphatic rings. The van der Waals surface area contributed by atoms with E-state index in [2.05, 4.69) is 54.0 Å².